The van der Waals surface area contributed by atoms with Crippen LogP contribution in [0.5, 0.6) is 0 Å². The van der Waals surface area contributed by atoms with Crippen molar-refractivity contribution < 1.29 is 5.32 Å². The van der Waals surface area contributed by atoms with Crippen molar-refractivity contribution in [2.24, 2.45) is 0 Å². The molecule has 3 aromatic rings. The molecule has 0 radical (unpaired) electrons. The van der Waals surface area contributed by atoms with Gasteiger partial charge in [-0.15, -0.1) is 0 Å². The van der Waals surface area contributed by atoms with E-state index >= 15 is 0 Å². The van der Waals surface area contributed by atoms with Crippen molar-refractivity contribution in [3.05, 3.63) is 71.4 Å². The van der Waals surface area contributed by atoms with E-state index in [0.29, 0.717) is 0 Å². The number of para-hydroxylation sites is 1. The zero-order chi connectivity index (χ0) is 13.8. The molecule has 102 valence electrons. The van der Waals surface area contributed by atoms with Crippen LogP contribution in [0, 0.1) is 6.92 Å². The van der Waals surface area contributed by atoms with Crippen LogP contribution >= 0.6 is 0 Å². The second-order valence-electron chi connectivity index (χ2n) is 5.38. The van der Waals surface area contributed by atoms with Gasteiger partial charge < -0.3 is 10.3 Å². The SMILES string of the molecule is Cc1cccc(C[NH2+]CCc2c[nH]c3ccccc23)c1. The summed E-state index contributed by atoms with van der Waals surface area (Å²) in [6.07, 6.45) is 3.25. The van der Waals surface area contributed by atoms with Gasteiger partial charge in [0.15, 0.2) is 0 Å². The van der Waals surface area contributed by atoms with Crippen molar-refractivity contribution in [2.45, 2.75) is 19.9 Å². The summed E-state index contributed by atoms with van der Waals surface area (Å²) in [6, 6.07) is 17.3. The van der Waals surface area contributed by atoms with Gasteiger partial charge >= 0.3 is 0 Å². The average molecular weight is 265 g/mol. The molecule has 20 heavy (non-hydrogen) atoms. The second-order valence-corrected chi connectivity index (χ2v) is 5.38. The lowest BCUT2D eigenvalue weighted by Gasteiger charge is -2.03. The van der Waals surface area contributed by atoms with Gasteiger partial charge in [-0.1, -0.05) is 48.0 Å². The van der Waals surface area contributed by atoms with Crippen molar-refractivity contribution in [1.29, 1.82) is 0 Å². The van der Waals surface area contributed by atoms with E-state index in [0.717, 1.165) is 19.5 Å². The molecule has 0 bridgehead atoms. The molecular formula is C18H21N2+. The third-order valence-corrected chi connectivity index (χ3v) is 3.76. The molecule has 0 atom stereocenters. The highest BCUT2D eigenvalue weighted by Gasteiger charge is 2.03. The first kappa shape index (κ1) is 12.9. The highest BCUT2D eigenvalue weighted by atomic mass is 14.8. The Morgan fingerprint density at radius 3 is 2.85 bits per heavy atom. The molecule has 2 aromatic carbocycles. The van der Waals surface area contributed by atoms with Gasteiger partial charge in [0.05, 0.1) is 6.54 Å². The van der Waals surface area contributed by atoms with Crippen LogP contribution in [0.15, 0.2) is 54.7 Å². The molecule has 0 fully saturated rings. The summed E-state index contributed by atoms with van der Waals surface area (Å²) in [5.74, 6) is 0. The van der Waals surface area contributed by atoms with Crippen LogP contribution in [0.1, 0.15) is 16.7 Å². The van der Waals surface area contributed by atoms with Crippen LogP contribution in [-0.2, 0) is 13.0 Å². The van der Waals surface area contributed by atoms with Crippen LogP contribution in [-0.4, -0.2) is 11.5 Å². The lowest BCUT2D eigenvalue weighted by Crippen LogP contribution is -2.83. The summed E-state index contributed by atoms with van der Waals surface area (Å²) in [6.45, 7) is 4.33. The molecule has 0 saturated heterocycles. The monoisotopic (exact) mass is 265 g/mol. The Bertz CT molecular complexity index is 697. The molecule has 0 amide bonds. The highest BCUT2D eigenvalue weighted by Crippen LogP contribution is 2.17. The smallest absolute Gasteiger partial charge is 0.101 e. The van der Waals surface area contributed by atoms with Gasteiger partial charge in [0, 0.05) is 29.1 Å². The normalized spacial score (nSPS) is 11.1. The molecule has 3 rings (SSSR count). The van der Waals surface area contributed by atoms with Crippen molar-refractivity contribution in [3.63, 3.8) is 0 Å². The Hall–Kier alpha value is -2.06. The van der Waals surface area contributed by atoms with E-state index in [2.05, 4.69) is 72.0 Å². The van der Waals surface area contributed by atoms with E-state index in [4.69, 9.17) is 0 Å². The van der Waals surface area contributed by atoms with Gasteiger partial charge in [0.25, 0.3) is 0 Å². The number of H-pyrrole nitrogens is 1. The number of hydrogen-bond donors (Lipinski definition) is 2. The molecule has 0 aliphatic carbocycles. The summed E-state index contributed by atoms with van der Waals surface area (Å²) in [7, 11) is 0. The van der Waals surface area contributed by atoms with Crippen LogP contribution in [0.25, 0.3) is 10.9 Å². The summed E-state index contributed by atoms with van der Waals surface area (Å²) >= 11 is 0. The lowest BCUT2D eigenvalue weighted by atomic mass is 10.1. The van der Waals surface area contributed by atoms with Crippen molar-refractivity contribution in [3.8, 4) is 0 Å². The summed E-state index contributed by atoms with van der Waals surface area (Å²) in [4.78, 5) is 3.34. The first-order valence-corrected chi connectivity index (χ1v) is 7.25. The maximum Gasteiger partial charge on any atom is 0.101 e. The van der Waals surface area contributed by atoms with E-state index in [1.165, 1.54) is 27.6 Å². The maximum absolute atomic E-state index is 3.34. The molecule has 0 aliphatic rings. The van der Waals surface area contributed by atoms with Crippen LogP contribution in [0.4, 0.5) is 0 Å². The minimum Gasteiger partial charge on any atom is -0.361 e. The molecule has 0 unspecified atom stereocenters. The van der Waals surface area contributed by atoms with Crippen LogP contribution < -0.4 is 5.32 Å². The number of hydrogen-bond acceptors (Lipinski definition) is 0. The number of nitrogens with one attached hydrogen (secondary N) is 1. The minimum atomic E-state index is 1.06. The van der Waals surface area contributed by atoms with Gasteiger partial charge in [-0.05, 0) is 18.6 Å². The number of aryl methyl sites for hydroxylation is 1. The van der Waals surface area contributed by atoms with Gasteiger partial charge in [-0.2, -0.15) is 0 Å². The lowest BCUT2D eigenvalue weighted by molar-refractivity contribution is -0.670. The van der Waals surface area contributed by atoms with E-state index in [1.807, 2.05) is 0 Å². The van der Waals surface area contributed by atoms with Crippen molar-refractivity contribution in [2.75, 3.05) is 6.54 Å². The molecule has 1 aromatic heterocycles. The van der Waals surface area contributed by atoms with Gasteiger partial charge in [-0.25, -0.2) is 0 Å². The molecule has 0 saturated carbocycles. The third-order valence-electron chi connectivity index (χ3n) is 3.76. The molecule has 1 heterocycles. The first-order chi connectivity index (χ1) is 9.83. The quantitative estimate of drug-likeness (QED) is 0.665. The Kier molecular flexibility index (Phi) is 3.84. The Labute approximate surface area is 119 Å². The fraction of sp³-hybridized carbons (Fsp3) is 0.222. The second kappa shape index (κ2) is 5.93. The molecular weight excluding hydrogens is 244 g/mol. The minimum absolute atomic E-state index is 1.06. The molecule has 3 N–H and O–H groups in total. The Balaban J connectivity index is 1.55. The summed E-state index contributed by atoms with van der Waals surface area (Å²) in [5.41, 5.74) is 5.40. The third kappa shape index (κ3) is 2.91. The standard InChI is InChI=1S/C18H20N2/c1-14-5-4-6-15(11-14)12-19-10-9-16-13-20-18-8-3-2-7-17(16)18/h2-8,11,13,19-20H,9-10,12H2,1H3/p+1. The van der Waals surface area contributed by atoms with E-state index < -0.39 is 0 Å². The highest BCUT2D eigenvalue weighted by molar-refractivity contribution is 5.82. The number of rotatable bonds is 5. The predicted octanol–water partition coefficient (Wildman–Crippen LogP) is 2.78. The zero-order valence-electron chi connectivity index (χ0n) is 11.9. The number of fused-ring (bicyclic) bond motifs is 1. The largest absolute Gasteiger partial charge is 0.361 e. The van der Waals surface area contributed by atoms with Crippen LogP contribution in [0.2, 0.25) is 0 Å². The molecule has 2 nitrogen and oxygen atoms in total. The van der Waals surface area contributed by atoms with Crippen LogP contribution in [0.3, 0.4) is 0 Å². The molecule has 0 spiro atoms. The van der Waals surface area contributed by atoms with E-state index in [9.17, 15) is 0 Å². The fourth-order valence-corrected chi connectivity index (χ4v) is 2.70. The molecule has 0 aliphatic heterocycles. The number of quaternary nitrogens is 1. The summed E-state index contributed by atoms with van der Waals surface area (Å²) in [5, 5.41) is 3.74. The van der Waals surface area contributed by atoms with Gasteiger partial charge in [0.1, 0.15) is 6.54 Å². The predicted molar refractivity (Wildman–Crippen MR) is 83.7 cm³/mol. The van der Waals surface area contributed by atoms with Crippen molar-refractivity contribution >= 4 is 10.9 Å². The van der Waals surface area contributed by atoms with E-state index in [1.54, 1.807) is 0 Å². The Morgan fingerprint density at radius 1 is 1.05 bits per heavy atom. The number of aromatic nitrogens is 1. The number of nitrogens with two attached hydrogens (primary N) is 1. The van der Waals surface area contributed by atoms with Crippen molar-refractivity contribution in [1.82, 2.24) is 4.98 Å². The topological polar surface area (TPSA) is 32.4 Å². The molecule has 2 heteroatoms. The van der Waals surface area contributed by atoms with E-state index in [-0.39, 0.29) is 0 Å². The van der Waals surface area contributed by atoms with Gasteiger partial charge in [-0.3, -0.25) is 0 Å². The maximum atomic E-state index is 3.34. The average Bonchev–Trinajstić information content (AvgIpc) is 2.87. The fourth-order valence-electron chi connectivity index (χ4n) is 2.70. The number of aromatic amines is 1. The van der Waals surface area contributed by atoms with Gasteiger partial charge in [0.2, 0.25) is 0 Å². The number of benzene rings is 2. The zero-order valence-corrected chi connectivity index (χ0v) is 11.9. The Morgan fingerprint density at radius 2 is 1.95 bits per heavy atom. The summed E-state index contributed by atoms with van der Waals surface area (Å²) < 4.78 is 0. The first-order valence-electron chi connectivity index (χ1n) is 7.25.